The Balaban J connectivity index is 1.73. The van der Waals surface area contributed by atoms with E-state index in [0.29, 0.717) is 0 Å². The van der Waals surface area contributed by atoms with Gasteiger partial charge in [-0.25, -0.2) is 0 Å². The van der Waals surface area contributed by atoms with Gasteiger partial charge < -0.3 is 16.4 Å². The zero-order valence-corrected chi connectivity index (χ0v) is 10.1. The molecule has 5 unspecified atom stereocenters. The van der Waals surface area contributed by atoms with Gasteiger partial charge in [0.2, 0.25) is 0 Å². The van der Waals surface area contributed by atoms with Gasteiger partial charge in [-0.15, -0.1) is 0 Å². The molecule has 0 aliphatic carbocycles. The predicted octanol–water partition coefficient (Wildman–Crippen LogP) is 0.701. The van der Waals surface area contributed by atoms with E-state index >= 15 is 0 Å². The lowest BCUT2D eigenvalue weighted by molar-refractivity contribution is 0.113. The van der Waals surface area contributed by atoms with Crippen molar-refractivity contribution in [3.05, 3.63) is 0 Å². The highest BCUT2D eigenvalue weighted by molar-refractivity contribution is 5.00. The van der Waals surface area contributed by atoms with Crippen molar-refractivity contribution in [2.24, 2.45) is 23.5 Å². The van der Waals surface area contributed by atoms with E-state index in [1.807, 2.05) is 0 Å². The van der Waals surface area contributed by atoms with Gasteiger partial charge >= 0.3 is 0 Å². The molecule has 3 rings (SSSR count). The number of nitrogens with two attached hydrogens (primary N) is 1. The molecule has 3 saturated heterocycles. The molecule has 5 atom stereocenters. The molecule has 3 aliphatic heterocycles. The Morgan fingerprint density at radius 3 is 2.88 bits per heavy atom. The van der Waals surface area contributed by atoms with Crippen LogP contribution in [0.25, 0.3) is 0 Å². The third-order valence-corrected chi connectivity index (χ3v) is 5.05. The summed E-state index contributed by atoms with van der Waals surface area (Å²) < 4.78 is 0. The van der Waals surface area contributed by atoms with Crippen LogP contribution in [0.15, 0.2) is 0 Å². The number of piperidine rings is 2. The molecule has 0 aromatic rings. The van der Waals surface area contributed by atoms with Crippen LogP contribution in [0.4, 0.5) is 0 Å². The van der Waals surface area contributed by atoms with Gasteiger partial charge in [0.25, 0.3) is 0 Å². The summed E-state index contributed by atoms with van der Waals surface area (Å²) in [6, 6.07) is 1.56. The smallest absolute Gasteiger partial charge is 0.0105 e. The Labute approximate surface area is 98.5 Å². The van der Waals surface area contributed by atoms with Crippen LogP contribution in [0.1, 0.15) is 32.1 Å². The van der Waals surface area contributed by atoms with E-state index in [2.05, 4.69) is 10.6 Å². The number of nitrogens with one attached hydrogen (secondary N) is 2. The summed E-state index contributed by atoms with van der Waals surface area (Å²) in [4.78, 5) is 0. The highest BCUT2D eigenvalue weighted by atomic mass is 15.0. The number of rotatable bonds is 2. The molecule has 3 aliphatic rings. The first-order chi connectivity index (χ1) is 7.88. The fourth-order valence-corrected chi connectivity index (χ4v) is 4.36. The van der Waals surface area contributed by atoms with Gasteiger partial charge in [-0.3, -0.25) is 0 Å². The summed E-state index contributed by atoms with van der Waals surface area (Å²) in [5, 5.41) is 7.39. The molecule has 0 amide bonds. The van der Waals surface area contributed by atoms with E-state index in [4.69, 9.17) is 5.73 Å². The van der Waals surface area contributed by atoms with E-state index in [-0.39, 0.29) is 0 Å². The molecule has 3 nitrogen and oxygen atoms in total. The summed E-state index contributed by atoms with van der Waals surface area (Å²) in [5.74, 6) is 2.50. The molecule has 0 radical (unpaired) electrons. The van der Waals surface area contributed by atoms with Gasteiger partial charge in [-0.1, -0.05) is 0 Å². The molecule has 3 heterocycles. The van der Waals surface area contributed by atoms with E-state index in [1.165, 1.54) is 45.2 Å². The Hall–Kier alpha value is -0.120. The maximum absolute atomic E-state index is 6.00. The van der Waals surface area contributed by atoms with Crippen LogP contribution in [0.2, 0.25) is 0 Å². The summed E-state index contributed by atoms with van der Waals surface area (Å²) in [7, 11) is 0. The first-order valence-corrected chi connectivity index (χ1v) is 7.05. The Morgan fingerprint density at radius 2 is 2.12 bits per heavy atom. The molecular formula is C13H25N3. The monoisotopic (exact) mass is 223 g/mol. The van der Waals surface area contributed by atoms with Gasteiger partial charge in [-0.05, 0) is 69.5 Å². The van der Waals surface area contributed by atoms with Crippen molar-refractivity contribution in [2.45, 2.75) is 44.2 Å². The molecule has 0 spiro atoms. The maximum Gasteiger partial charge on any atom is 0.0105 e. The average molecular weight is 223 g/mol. The molecule has 4 N–H and O–H groups in total. The molecule has 0 saturated carbocycles. The second-order valence-corrected chi connectivity index (χ2v) is 5.96. The van der Waals surface area contributed by atoms with Gasteiger partial charge in [0.05, 0.1) is 0 Å². The molecule has 3 heteroatoms. The van der Waals surface area contributed by atoms with Crippen LogP contribution in [0.5, 0.6) is 0 Å². The van der Waals surface area contributed by atoms with Crippen LogP contribution < -0.4 is 16.4 Å². The minimum atomic E-state index is 0.775. The van der Waals surface area contributed by atoms with Crippen molar-refractivity contribution in [1.82, 2.24) is 10.6 Å². The van der Waals surface area contributed by atoms with Gasteiger partial charge in [-0.2, -0.15) is 0 Å². The largest absolute Gasteiger partial charge is 0.330 e. The summed E-state index contributed by atoms with van der Waals surface area (Å²) >= 11 is 0. The first-order valence-electron chi connectivity index (χ1n) is 7.05. The lowest BCUT2D eigenvalue weighted by atomic mass is 9.71. The van der Waals surface area contributed by atoms with Crippen molar-refractivity contribution < 1.29 is 0 Å². The zero-order chi connectivity index (χ0) is 11.0. The quantitative estimate of drug-likeness (QED) is 0.646. The number of fused-ring (bicyclic) bond motifs is 2. The average Bonchev–Trinajstić information content (AvgIpc) is 2.72. The Morgan fingerprint density at radius 1 is 1.19 bits per heavy atom. The van der Waals surface area contributed by atoms with Crippen LogP contribution in [-0.4, -0.2) is 31.7 Å². The lowest BCUT2D eigenvalue weighted by Gasteiger charge is -2.43. The molecule has 2 bridgehead atoms. The van der Waals surface area contributed by atoms with E-state index in [9.17, 15) is 0 Å². The van der Waals surface area contributed by atoms with E-state index in [1.54, 1.807) is 0 Å². The summed E-state index contributed by atoms with van der Waals surface area (Å²) in [5.41, 5.74) is 6.00. The maximum atomic E-state index is 6.00. The standard InChI is InChI=1S/C13H25N3/c14-7-10-6-11-3-4-12(16-11)13(10)9-2-1-5-15-8-9/h9-13,15-16H,1-8,14H2. The SMILES string of the molecule is NCC1CC2CCC(N2)C1C1CCCNC1. The predicted molar refractivity (Wildman–Crippen MR) is 66.2 cm³/mol. The molecule has 0 aromatic heterocycles. The Bertz CT molecular complexity index is 237. The molecule has 3 fully saturated rings. The molecular weight excluding hydrogens is 198 g/mol. The molecule has 92 valence electrons. The normalized spacial score (nSPS) is 48.2. The van der Waals surface area contributed by atoms with Gasteiger partial charge in [0.15, 0.2) is 0 Å². The zero-order valence-electron chi connectivity index (χ0n) is 10.1. The minimum absolute atomic E-state index is 0.775. The minimum Gasteiger partial charge on any atom is -0.330 e. The third-order valence-electron chi connectivity index (χ3n) is 5.05. The van der Waals surface area contributed by atoms with Crippen molar-refractivity contribution in [2.75, 3.05) is 19.6 Å². The van der Waals surface area contributed by atoms with Gasteiger partial charge in [0, 0.05) is 12.1 Å². The fourth-order valence-electron chi connectivity index (χ4n) is 4.36. The van der Waals surface area contributed by atoms with Crippen LogP contribution >= 0.6 is 0 Å². The van der Waals surface area contributed by atoms with Crippen molar-refractivity contribution in [3.63, 3.8) is 0 Å². The second-order valence-electron chi connectivity index (χ2n) is 5.96. The Kier molecular flexibility index (Phi) is 3.18. The first kappa shape index (κ1) is 11.0. The van der Waals surface area contributed by atoms with Crippen LogP contribution in [0.3, 0.4) is 0 Å². The van der Waals surface area contributed by atoms with E-state index < -0.39 is 0 Å². The molecule has 16 heavy (non-hydrogen) atoms. The van der Waals surface area contributed by atoms with Crippen LogP contribution in [-0.2, 0) is 0 Å². The second kappa shape index (κ2) is 4.63. The van der Waals surface area contributed by atoms with E-state index in [0.717, 1.165) is 36.4 Å². The summed E-state index contributed by atoms with van der Waals surface area (Å²) in [6.07, 6.45) is 6.87. The van der Waals surface area contributed by atoms with Gasteiger partial charge in [0.1, 0.15) is 0 Å². The third kappa shape index (κ3) is 1.89. The van der Waals surface area contributed by atoms with Crippen molar-refractivity contribution in [1.29, 1.82) is 0 Å². The fraction of sp³-hybridized carbons (Fsp3) is 1.00. The summed E-state index contributed by atoms with van der Waals surface area (Å²) in [6.45, 7) is 3.34. The van der Waals surface area contributed by atoms with Crippen molar-refractivity contribution >= 4 is 0 Å². The molecule has 0 aromatic carbocycles. The highest BCUT2D eigenvalue weighted by Gasteiger charge is 2.44. The van der Waals surface area contributed by atoms with Crippen LogP contribution in [0, 0.1) is 17.8 Å². The van der Waals surface area contributed by atoms with Crippen molar-refractivity contribution in [3.8, 4) is 0 Å². The topological polar surface area (TPSA) is 50.1 Å². The number of hydrogen-bond donors (Lipinski definition) is 3. The number of hydrogen-bond acceptors (Lipinski definition) is 3. The lowest BCUT2D eigenvalue weighted by Crippen LogP contribution is -2.52. The highest BCUT2D eigenvalue weighted by Crippen LogP contribution is 2.41.